The van der Waals surface area contributed by atoms with E-state index < -0.39 is 15.6 Å². The third-order valence-corrected chi connectivity index (χ3v) is 3.33. The minimum atomic E-state index is -2.60. The van der Waals surface area contributed by atoms with Crippen LogP contribution in [0.4, 0.5) is 4.39 Å². The maximum Gasteiger partial charge on any atom is 0.245 e. The molecule has 1 unspecified atom stereocenters. The largest absolute Gasteiger partial charge is 0.289 e. The van der Waals surface area contributed by atoms with Gasteiger partial charge in [0.1, 0.15) is 0 Å². The predicted octanol–water partition coefficient (Wildman–Crippen LogP) is 3.92. The minimum absolute atomic E-state index is 0.114. The van der Waals surface area contributed by atoms with E-state index in [-0.39, 0.29) is 5.56 Å². The maximum absolute atomic E-state index is 13.6. The molecule has 0 fully saturated rings. The average molecular weight is 288 g/mol. The highest BCUT2D eigenvalue weighted by Crippen LogP contribution is 2.32. The molecule has 0 saturated heterocycles. The molecule has 0 bridgehead atoms. The highest BCUT2D eigenvalue weighted by molar-refractivity contribution is 7.82. The lowest BCUT2D eigenvalue weighted by Gasteiger charge is -2.18. The fraction of sp³-hybridized carbons (Fsp3) is 0.222. The van der Waals surface area contributed by atoms with E-state index in [1.807, 2.05) is 0 Å². The zero-order valence-electron chi connectivity index (χ0n) is 7.25. The van der Waals surface area contributed by atoms with Crippen LogP contribution in [0.15, 0.2) is 24.3 Å². The quantitative estimate of drug-likeness (QED) is 0.506. The molecule has 0 amide bonds. The predicted molar refractivity (Wildman–Crippen MR) is 64.1 cm³/mol. The van der Waals surface area contributed by atoms with Crippen LogP contribution in [0.3, 0.4) is 0 Å². The summed E-state index contributed by atoms with van der Waals surface area (Å²) < 4.78 is 13.6. The highest BCUT2D eigenvalue weighted by atomic mass is 35.5. The Morgan fingerprint density at radius 3 is 2.20 bits per heavy atom. The molecular formula is C9H6Cl3FOS. The van der Waals surface area contributed by atoms with Crippen molar-refractivity contribution in [3.8, 4) is 0 Å². The lowest BCUT2D eigenvalue weighted by Crippen LogP contribution is -2.34. The maximum atomic E-state index is 13.6. The van der Waals surface area contributed by atoms with Gasteiger partial charge in [0.25, 0.3) is 0 Å². The summed E-state index contributed by atoms with van der Waals surface area (Å²) in [5.41, 5.74) is 0.114. The summed E-state index contributed by atoms with van der Waals surface area (Å²) in [5, 5.41) is -2.15. The van der Waals surface area contributed by atoms with Crippen molar-refractivity contribution >= 4 is 53.2 Å². The first-order valence-electron chi connectivity index (χ1n) is 3.85. The van der Waals surface area contributed by atoms with Crippen molar-refractivity contribution in [2.45, 2.75) is 9.84 Å². The van der Waals surface area contributed by atoms with Crippen molar-refractivity contribution in [1.82, 2.24) is 0 Å². The van der Waals surface area contributed by atoms with Gasteiger partial charge in [-0.05, 0) is 24.3 Å². The standard InChI is InChI=1S/C9H6Cl3FOS/c10-6-3-1-5(2-4-6)7(14)9(13,15)8(11)12/h1-4,8,15H. The van der Waals surface area contributed by atoms with Gasteiger partial charge in [0.05, 0.1) is 0 Å². The van der Waals surface area contributed by atoms with Gasteiger partial charge in [-0.15, -0.1) is 35.8 Å². The van der Waals surface area contributed by atoms with E-state index in [9.17, 15) is 9.18 Å². The molecule has 0 aromatic heterocycles. The van der Waals surface area contributed by atoms with E-state index in [0.717, 1.165) is 0 Å². The third-order valence-electron chi connectivity index (χ3n) is 1.71. The lowest BCUT2D eigenvalue weighted by molar-refractivity contribution is 0.0856. The average Bonchev–Trinajstić information content (AvgIpc) is 2.17. The molecule has 0 saturated carbocycles. The van der Waals surface area contributed by atoms with Crippen molar-refractivity contribution in [1.29, 1.82) is 0 Å². The van der Waals surface area contributed by atoms with E-state index in [0.29, 0.717) is 5.02 Å². The second-order valence-electron chi connectivity index (χ2n) is 2.81. The zero-order chi connectivity index (χ0) is 11.6. The summed E-state index contributed by atoms with van der Waals surface area (Å²) in [6, 6.07) is 5.70. The monoisotopic (exact) mass is 286 g/mol. The van der Waals surface area contributed by atoms with Crippen molar-refractivity contribution in [2.75, 3.05) is 0 Å². The van der Waals surface area contributed by atoms with Crippen LogP contribution in [0.25, 0.3) is 0 Å². The Balaban J connectivity index is 3.00. The van der Waals surface area contributed by atoms with Crippen LogP contribution in [0.5, 0.6) is 0 Å². The molecule has 6 heteroatoms. The highest BCUT2D eigenvalue weighted by Gasteiger charge is 2.41. The molecule has 1 nitrogen and oxygen atoms in total. The molecule has 0 aliphatic heterocycles. The number of carbonyl (C=O) groups is 1. The van der Waals surface area contributed by atoms with Gasteiger partial charge in [0, 0.05) is 10.6 Å². The second-order valence-corrected chi connectivity index (χ2v) is 4.99. The molecule has 0 N–H and O–H groups in total. The summed E-state index contributed by atoms with van der Waals surface area (Å²) in [6.07, 6.45) is 0. The summed E-state index contributed by atoms with van der Waals surface area (Å²) >= 11 is 19.7. The third kappa shape index (κ3) is 3.00. The van der Waals surface area contributed by atoms with Crippen molar-refractivity contribution in [2.24, 2.45) is 0 Å². The van der Waals surface area contributed by atoms with Gasteiger partial charge in [-0.25, -0.2) is 4.39 Å². The van der Waals surface area contributed by atoms with Crippen LogP contribution in [0.1, 0.15) is 10.4 Å². The molecule has 0 aliphatic carbocycles. The molecule has 15 heavy (non-hydrogen) atoms. The Morgan fingerprint density at radius 1 is 1.33 bits per heavy atom. The van der Waals surface area contributed by atoms with Crippen molar-refractivity contribution in [3.05, 3.63) is 34.9 Å². The summed E-state index contributed by atoms with van der Waals surface area (Å²) in [4.78, 5) is 10.0. The zero-order valence-corrected chi connectivity index (χ0v) is 10.4. The number of thiol groups is 1. The number of alkyl halides is 3. The van der Waals surface area contributed by atoms with E-state index in [1.54, 1.807) is 0 Å². The van der Waals surface area contributed by atoms with Crippen LogP contribution in [-0.2, 0) is 0 Å². The van der Waals surface area contributed by atoms with Gasteiger partial charge in [0.15, 0.2) is 4.84 Å². The van der Waals surface area contributed by atoms with Gasteiger partial charge < -0.3 is 0 Å². The van der Waals surface area contributed by atoms with Crippen LogP contribution in [0, 0.1) is 0 Å². The molecule has 0 heterocycles. The fourth-order valence-electron chi connectivity index (χ4n) is 0.903. The second kappa shape index (κ2) is 4.91. The number of carbonyl (C=O) groups excluding carboxylic acids is 1. The van der Waals surface area contributed by atoms with Crippen LogP contribution < -0.4 is 0 Å². The first kappa shape index (κ1) is 13.1. The van der Waals surface area contributed by atoms with Crippen molar-refractivity contribution in [3.63, 3.8) is 0 Å². The summed E-state index contributed by atoms with van der Waals surface area (Å²) in [6.45, 7) is 0. The first-order valence-corrected chi connectivity index (χ1v) is 5.55. The Morgan fingerprint density at radius 2 is 1.80 bits per heavy atom. The van der Waals surface area contributed by atoms with E-state index in [1.165, 1.54) is 24.3 Å². The molecule has 1 rings (SSSR count). The van der Waals surface area contributed by atoms with E-state index in [4.69, 9.17) is 34.8 Å². The minimum Gasteiger partial charge on any atom is -0.289 e. The number of halogens is 4. The molecular weight excluding hydrogens is 282 g/mol. The first-order chi connectivity index (χ1) is 6.85. The Bertz CT molecular complexity index is 364. The normalized spacial score (nSPS) is 15.1. The SMILES string of the molecule is O=C(c1ccc(Cl)cc1)C(F)(S)C(Cl)Cl. The number of rotatable bonds is 3. The number of Topliss-reactive ketones (excluding diaryl/α,β-unsaturated/α-hetero) is 1. The van der Waals surface area contributed by atoms with Gasteiger partial charge in [-0.2, -0.15) is 0 Å². The summed E-state index contributed by atoms with van der Waals surface area (Å²) in [7, 11) is 0. The van der Waals surface area contributed by atoms with Crippen LogP contribution in [0.2, 0.25) is 5.02 Å². The Labute approximate surface area is 107 Å². The van der Waals surface area contributed by atoms with Crippen LogP contribution >= 0.6 is 47.4 Å². The molecule has 0 radical (unpaired) electrons. The number of hydrogen-bond donors (Lipinski definition) is 1. The molecule has 1 aromatic carbocycles. The van der Waals surface area contributed by atoms with Gasteiger partial charge in [0.2, 0.25) is 10.8 Å². The van der Waals surface area contributed by atoms with E-state index in [2.05, 4.69) is 12.6 Å². The van der Waals surface area contributed by atoms with Gasteiger partial charge in [-0.1, -0.05) is 11.6 Å². The molecule has 82 valence electrons. The molecule has 0 aliphatic rings. The van der Waals surface area contributed by atoms with Gasteiger partial charge in [-0.3, -0.25) is 4.79 Å². The molecule has 1 atom stereocenters. The van der Waals surface area contributed by atoms with E-state index >= 15 is 0 Å². The smallest absolute Gasteiger partial charge is 0.245 e. The summed E-state index contributed by atoms with van der Waals surface area (Å²) in [5.74, 6) is -0.891. The lowest BCUT2D eigenvalue weighted by atomic mass is 10.1. The molecule has 0 spiro atoms. The van der Waals surface area contributed by atoms with Crippen LogP contribution in [-0.4, -0.2) is 15.6 Å². The van der Waals surface area contributed by atoms with Crippen molar-refractivity contribution < 1.29 is 9.18 Å². The topological polar surface area (TPSA) is 17.1 Å². The Kier molecular flexibility index (Phi) is 4.29. The Hall–Kier alpha value is 0.0400. The molecule has 1 aromatic rings. The number of ketones is 1. The van der Waals surface area contributed by atoms with Gasteiger partial charge >= 0.3 is 0 Å². The number of benzene rings is 1. The number of hydrogen-bond acceptors (Lipinski definition) is 2. The fourth-order valence-corrected chi connectivity index (χ4v) is 1.36.